The third-order valence-electron chi connectivity index (χ3n) is 3.19. The molecule has 0 heterocycles. The monoisotopic (exact) mass is 332 g/mol. The van der Waals surface area contributed by atoms with Gasteiger partial charge in [-0.05, 0) is 12.5 Å². The SMILES string of the molecule is C=CCOc1ccccc1CN=C(NCCC)NCC(=O)N(C)C. The molecule has 0 radical (unpaired) electrons. The van der Waals surface area contributed by atoms with Crippen LogP contribution in [0.4, 0.5) is 0 Å². The Bertz CT molecular complexity index is 556. The van der Waals surface area contributed by atoms with Gasteiger partial charge in [0.1, 0.15) is 12.4 Å². The molecule has 0 unspecified atom stereocenters. The molecule has 0 bridgehead atoms. The first-order chi connectivity index (χ1) is 11.6. The maximum atomic E-state index is 11.7. The Hall–Kier alpha value is -2.50. The zero-order valence-corrected chi connectivity index (χ0v) is 14.8. The Balaban J connectivity index is 2.75. The molecule has 0 atom stereocenters. The number of aliphatic imine (C=N–C) groups is 1. The molecule has 0 aliphatic rings. The third-order valence-corrected chi connectivity index (χ3v) is 3.19. The first kappa shape index (κ1) is 19.5. The van der Waals surface area contributed by atoms with Gasteiger partial charge in [0.05, 0.1) is 13.1 Å². The highest BCUT2D eigenvalue weighted by molar-refractivity contribution is 5.86. The zero-order valence-electron chi connectivity index (χ0n) is 14.8. The molecule has 0 saturated heterocycles. The molecule has 6 heteroatoms. The van der Waals surface area contributed by atoms with Gasteiger partial charge in [0.15, 0.2) is 5.96 Å². The predicted octanol–water partition coefficient (Wildman–Crippen LogP) is 1.78. The van der Waals surface area contributed by atoms with Crippen molar-refractivity contribution in [1.29, 1.82) is 0 Å². The second-order valence-corrected chi connectivity index (χ2v) is 5.44. The summed E-state index contributed by atoms with van der Waals surface area (Å²) >= 11 is 0. The number of nitrogens with one attached hydrogen (secondary N) is 2. The fourth-order valence-electron chi connectivity index (χ4n) is 1.82. The van der Waals surface area contributed by atoms with Crippen LogP contribution in [0.1, 0.15) is 18.9 Å². The van der Waals surface area contributed by atoms with Gasteiger partial charge in [-0.3, -0.25) is 4.79 Å². The zero-order chi connectivity index (χ0) is 17.8. The maximum absolute atomic E-state index is 11.7. The van der Waals surface area contributed by atoms with Gasteiger partial charge in [-0.2, -0.15) is 0 Å². The van der Waals surface area contributed by atoms with Crippen LogP contribution < -0.4 is 15.4 Å². The molecule has 1 aromatic carbocycles. The van der Waals surface area contributed by atoms with Gasteiger partial charge in [0.2, 0.25) is 5.91 Å². The quantitative estimate of drug-likeness (QED) is 0.411. The van der Waals surface area contributed by atoms with Crippen molar-refractivity contribution in [2.24, 2.45) is 4.99 Å². The third kappa shape index (κ3) is 7.17. The van der Waals surface area contributed by atoms with Crippen LogP contribution in [0.3, 0.4) is 0 Å². The number of para-hydroxylation sites is 1. The number of carbonyl (C=O) groups is 1. The van der Waals surface area contributed by atoms with Gasteiger partial charge < -0.3 is 20.3 Å². The maximum Gasteiger partial charge on any atom is 0.241 e. The molecule has 2 N–H and O–H groups in total. The van der Waals surface area contributed by atoms with E-state index in [0.717, 1.165) is 24.3 Å². The number of carbonyl (C=O) groups excluding carboxylic acids is 1. The Morgan fingerprint density at radius 1 is 1.33 bits per heavy atom. The molecule has 0 aliphatic heterocycles. The molecule has 132 valence electrons. The number of hydrogen-bond acceptors (Lipinski definition) is 3. The molecular formula is C18H28N4O2. The number of benzene rings is 1. The van der Waals surface area contributed by atoms with Gasteiger partial charge in [-0.15, -0.1) is 0 Å². The number of nitrogens with zero attached hydrogens (tertiary/aromatic N) is 2. The summed E-state index contributed by atoms with van der Waals surface area (Å²) in [6.07, 6.45) is 2.68. The van der Waals surface area contributed by atoms with Crippen molar-refractivity contribution in [3.63, 3.8) is 0 Å². The minimum atomic E-state index is -0.00397. The second-order valence-electron chi connectivity index (χ2n) is 5.44. The van der Waals surface area contributed by atoms with Crippen LogP contribution in [0.5, 0.6) is 5.75 Å². The number of guanidine groups is 1. The van der Waals surface area contributed by atoms with E-state index in [2.05, 4.69) is 29.1 Å². The lowest BCUT2D eigenvalue weighted by atomic mass is 10.2. The van der Waals surface area contributed by atoms with Gasteiger partial charge in [-0.25, -0.2) is 4.99 Å². The van der Waals surface area contributed by atoms with E-state index < -0.39 is 0 Å². The van der Waals surface area contributed by atoms with Crippen LogP contribution in [0.25, 0.3) is 0 Å². The fourth-order valence-corrected chi connectivity index (χ4v) is 1.82. The Kier molecular flexibility index (Phi) is 9.04. The smallest absolute Gasteiger partial charge is 0.241 e. The molecule has 1 amide bonds. The lowest BCUT2D eigenvalue weighted by Crippen LogP contribution is -2.43. The Morgan fingerprint density at radius 3 is 2.75 bits per heavy atom. The molecule has 1 rings (SSSR count). The molecule has 0 saturated carbocycles. The average molecular weight is 332 g/mol. The van der Waals surface area contributed by atoms with Crippen LogP contribution in [-0.2, 0) is 11.3 Å². The summed E-state index contributed by atoms with van der Waals surface area (Å²) in [4.78, 5) is 17.8. The van der Waals surface area contributed by atoms with E-state index in [1.807, 2.05) is 24.3 Å². The van der Waals surface area contributed by atoms with E-state index in [0.29, 0.717) is 19.1 Å². The summed E-state index contributed by atoms with van der Waals surface area (Å²) < 4.78 is 5.64. The number of amides is 1. The number of rotatable bonds is 9. The van der Waals surface area contributed by atoms with E-state index in [9.17, 15) is 4.79 Å². The summed E-state index contributed by atoms with van der Waals surface area (Å²) in [5.41, 5.74) is 0.982. The van der Waals surface area contributed by atoms with Gasteiger partial charge >= 0.3 is 0 Å². The molecule has 1 aromatic rings. The van der Waals surface area contributed by atoms with Crippen molar-refractivity contribution in [1.82, 2.24) is 15.5 Å². The molecule has 6 nitrogen and oxygen atoms in total. The number of ether oxygens (including phenoxy) is 1. The lowest BCUT2D eigenvalue weighted by molar-refractivity contribution is -0.127. The molecule has 0 spiro atoms. The molecule has 0 fully saturated rings. The summed E-state index contributed by atoms with van der Waals surface area (Å²) in [5.74, 6) is 1.40. The molecular weight excluding hydrogens is 304 g/mol. The predicted molar refractivity (Wildman–Crippen MR) is 98.3 cm³/mol. The highest BCUT2D eigenvalue weighted by Gasteiger charge is 2.06. The Labute approximate surface area is 144 Å². The fraction of sp³-hybridized carbons (Fsp3) is 0.444. The summed E-state index contributed by atoms with van der Waals surface area (Å²) in [5, 5.41) is 6.27. The van der Waals surface area contributed by atoms with Crippen molar-refractivity contribution in [2.75, 3.05) is 33.8 Å². The number of likely N-dealkylation sites (N-methyl/N-ethyl adjacent to an activating group) is 1. The molecule has 24 heavy (non-hydrogen) atoms. The highest BCUT2D eigenvalue weighted by atomic mass is 16.5. The first-order valence-corrected chi connectivity index (χ1v) is 8.12. The van der Waals surface area contributed by atoms with Crippen LogP contribution >= 0.6 is 0 Å². The summed E-state index contributed by atoms with van der Waals surface area (Å²) in [6.45, 7) is 7.65. The second kappa shape index (κ2) is 11.1. The van der Waals surface area contributed by atoms with E-state index in [1.165, 1.54) is 0 Å². The van der Waals surface area contributed by atoms with E-state index in [4.69, 9.17) is 4.74 Å². The summed E-state index contributed by atoms with van der Waals surface area (Å²) in [7, 11) is 3.46. The van der Waals surface area contributed by atoms with E-state index >= 15 is 0 Å². The largest absolute Gasteiger partial charge is 0.489 e. The normalized spacial score (nSPS) is 10.9. The van der Waals surface area contributed by atoms with Crippen molar-refractivity contribution < 1.29 is 9.53 Å². The minimum absolute atomic E-state index is 0.00397. The van der Waals surface area contributed by atoms with Gasteiger partial charge in [0.25, 0.3) is 0 Å². The topological polar surface area (TPSA) is 66.0 Å². The Morgan fingerprint density at radius 2 is 2.08 bits per heavy atom. The minimum Gasteiger partial charge on any atom is -0.489 e. The number of hydrogen-bond donors (Lipinski definition) is 2. The van der Waals surface area contributed by atoms with Crippen LogP contribution in [0.15, 0.2) is 41.9 Å². The summed E-state index contributed by atoms with van der Waals surface area (Å²) in [6, 6.07) is 7.77. The van der Waals surface area contributed by atoms with Crippen LogP contribution in [0, 0.1) is 0 Å². The van der Waals surface area contributed by atoms with Crippen molar-refractivity contribution in [3.05, 3.63) is 42.5 Å². The standard InChI is InChI=1S/C18H28N4O2/c1-5-11-19-18(21-14-17(23)22(3)4)20-13-15-9-7-8-10-16(15)24-12-6-2/h6-10H,2,5,11-14H2,1,3-4H3,(H2,19,20,21). The van der Waals surface area contributed by atoms with Crippen molar-refractivity contribution in [2.45, 2.75) is 19.9 Å². The highest BCUT2D eigenvalue weighted by Crippen LogP contribution is 2.18. The van der Waals surface area contributed by atoms with Crippen LogP contribution in [0.2, 0.25) is 0 Å². The van der Waals surface area contributed by atoms with Gasteiger partial charge in [0, 0.05) is 26.2 Å². The average Bonchev–Trinajstić information content (AvgIpc) is 2.59. The van der Waals surface area contributed by atoms with E-state index in [1.54, 1.807) is 25.1 Å². The molecule has 0 aliphatic carbocycles. The van der Waals surface area contributed by atoms with Gasteiger partial charge in [-0.1, -0.05) is 37.8 Å². The lowest BCUT2D eigenvalue weighted by Gasteiger charge is -2.15. The van der Waals surface area contributed by atoms with Crippen molar-refractivity contribution >= 4 is 11.9 Å². The van der Waals surface area contributed by atoms with E-state index in [-0.39, 0.29) is 12.5 Å². The van der Waals surface area contributed by atoms with Crippen molar-refractivity contribution in [3.8, 4) is 5.75 Å². The van der Waals surface area contributed by atoms with Crippen LogP contribution in [-0.4, -0.2) is 50.6 Å². The molecule has 0 aromatic heterocycles. The first-order valence-electron chi connectivity index (χ1n) is 8.12.